The highest BCUT2D eigenvalue weighted by molar-refractivity contribution is 6.20. The number of imide groups is 1. The van der Waals surface area contributed by atoms with Crippen LogP contribution in [-0.2, 0) is 9.59 Å². The summed E-state index contributed by atoms with van der Waals surface area (Å²) in [5.74, 6) is -0.295. The fraction of sp³-hybridized carbons (Fsp3) is 0.630. The zero-order valence-electron chi connectivity index (χ0n) is 19.5. The van der Waals surface area contributed by atoms with Crippen LogP contribution in [0.5, 0.6) is 0 Å². The molecule has 6 heteroatoms. The lowest BCUT2D eigenvalue weighted by atomic mass is 9.80. The van der Waals surface area contributed by atoms with E-state index in [1.807, 2.05) is 0 Å². The molecule has 3 N–H and O–H groups in total. The summed E-state index contributed by atoms with van der Waals surface area (Å²) in [5, 5.41) is 9.85. The lowest BCUT2D eigenvalue weighted by Gasteiger charge is -2.30. The van der Waals surface area contributed by atoms with Crippen LogP contribution in [-0.4, -0.2) is 55.0 Å². The number of hydrogen-bond acceptors (Lipinski definition) is 5. The van der Waals surface area contributed by atoms with Gasteiger partial charge in [0.25, 0.3) is 11.8 Å². The predicted octanol–water partition coefficient (Wildman–Crippen LogP) is 2.71. The highest BCUT2D eigenvalue weighted by atomic mass is 16.2. The second kappa shape index (κ2) is 8.88. The topological polar surface area (TPSA) is 73.5 Å². The first-order chi connectivity index (χ1) is 16.2. The molecule has 0 aromatic heterocycles. The van der Waals surface area contributed by atoms with Gasteiger partial charge in [0, 0.05) is 60.4 Å². The van der Waals surface area contributed by atoms with Gasteiger partial charge in [-0.15, -0.1) is 0 Å². The summed E-state index contributed by atoms with van der Waals surface area (Å²) >= 11 is 0. The van der Waals surface area contributed by atoms with Crippen molar-refractivity contribution in [3.63, 3.8) is 0 Å². The van der Waals surface area contributed by atoms with E-state index in [-0.39, 0.29) is 23.7 Å². The highest BCUT2D eigenvalue weighted by Gasteiger charge is 2.47. The summed E-state index contributed by atoms with van der Waals surface area (Å²) < 4.78 is 0. The molecule has 176 valence electrons. The third kappa shape index (κ3) is 3.81. The number of fused-ring (bicyclic) bond motifs is 2. The van der Waals surface area contributed by atoms with Gasteiger partial charge in [0.2, 0.25) is 0 Å². The Morgan fingerprint density at radius 1 is 0.909 bits per heavy atom. The number of nitrogens with zero attached hydrogens (tertiary/aromatic N) is 1. The number of rotatable bonds is 5. The molecular formula is C27H36N4O2. The van der Waals surface area contributed by atoms with Gasteiger partial charge in [-0.1, -0.05) is 24.6 Å². The zero-order chi connectivity index (χ0) is 22.4. The van der Waals surface area contributed by atoms with Crippen molar-refractivity contribution < 1.29 is 9.59 Å². The largest absolute Gasteiger partial charge is 0.384 e. The maximum atomic E-state index is 13.2. The third-order valence-electron chi connectivity index (χ3n) is 8.65. The van der Waals surface area contributed by atoms with Crippen molar-refractivity contribution in [1.82, 2.24) is 20.9 Å². The first kappa shape index (κ1) is 21.4. The minimum atomic E-state index is -0.174. The van der Waals surface area contributed by atoms with E-state index in [1.165, 1.54) is 49.7 Å². The van der Waals surface area contributed by atoms with E-state index in [2.05, 4.69) is 39.1 Å². The van der Waals surface area contributed by atoms with Crippen molar-refractivity contribution >= 4 is 11.8 Å². The quantitative estimate of drug-likeness (QED) is 0.446. The van der Waals surface area contributed by atoms with E-state index >= 15 is 0 Å². The Hall–Kier alpha value is -2.18. The number of piperidine rings is 1. The maximum absolute atomic E-state index is 13.2. The summed E-state index contributed by atoms with van der Waals surface area (Å²) in [5.41, 5.74) is 5.26. The van der Waals surface area contributed by atoms with E-state index in [0.717, 1.165) is 55.7 Å². The Bertz CT molecular complexity index is 969. The van der Waals surface area contributed by atoms with Gasteiger partial charge in [-0.2, -0.15) is 0 Å². The standard InChI is InChI=1S/C27H36N4O2/c32-26-24(20-15-29-22-10-3-1-8-18(20)22)25(27(33)30-26)21-16-31(23-11-4-2-9-19(21)23)14-12-17-7-5-6-13-28-17/h8-10,17,20-21,23,28-29H,1-7,11-16H2,(H,30,32,33). The molecule has 0 bridgehead atoms. The number of amides is 2. The molecule has 3 fully saturated rings. The van der Waals surface area contributed by atoms with Crippen LogP contribution in [0.25, 0.3) is 0 Å². The molecule has 2 amide bonds. The fourth-order valence-corrected chi connectivity index (χ4v) is 7.07. The maximum Gasteiger partial charge on any atom is 0.255 e. The van der Waals surface area contributed by atoms with Gasteiger partial charge in [-0.3, -0.25) is 19.8 Å². The number of allylic oxidation sites excluding steroid dienone is 4. The van der Waals surface area contributed by atoms with Crippen LogP contribution in [0.15, 0.2) is 46.2 Å². The Labute approximate surface area is 196 Å². The monoisotopic (exact) mass is 448 g/mol. The second-order valence-electron chi connectivity index (χ2n) is 10.5. The normalized spacial score (nSPS) is 34.4. The number of hydrogen-bond donors (Lipinski definition) is 3. The molecule has 4 atom stereocenters. The lowest BCUT2D eigenvalue weighted by molar-refractivity contribution is -0.124. The van der Waals surface area contributed by atoms with Crippen molar-refractivity contribution in [3.8, 4) is 0 Å². The first-order valence-electron chi connectivity index (χ1n) is 13.1. The van der Waals surface area contributed by atoms with Gasteiger partial charge in [-0.25, -0.2) is 0 Å². The average molecular weight is 449 g/mol. The molecule has 4 aliphatic heterocycles. The smallest absolute Gasteiger partial charge is 0.255 e. The minimum absolute atomic E-state index is 0.0128. The predicted molar refractivity (Wildman–Crippen MR) is 128 cm³/mol. The minimum Gasteiger partial charge on any atom is -0.384 e. The molecule has 6 nitrogen and oxygen atoms in total. The van der Waals surface area contributed by atoms with Gasteiger partial charge in [0.1, 0.15) is 0 Å². The molecule has 0 spiro atoms. The van der Waals surface area contributed by atoms with Crippen molar-refractivity contribution in [1.29, 1.82) is 0 Å². The van der Waals surface area contributed by atoms with Crippen LogP contribution in [0.1, 0.15) is 57.8 Å². The molecule has 3 saturated heterocycles. The van der Waals surface area contributed by atoms with Crippen molar-refractivity contribution in [3.05, 3.63) is 46.2 Å². The van der Waals surface area contributed by atoms with Crippen LogP contribution in [0.3, 0.4) is 0 Å². The molecule has 0 radical (unpaired) electrons. The molecular weight excluding hydrogens is 412 g/mol. The van der Waals surface area contributed by atoms with Crippen LogP contribution < -0.4 is 16.0 Å². The summed E-state index contributed by atoms with van der Waals surface area (Å²) in [6.07, 6.45) is 17.5. The average Bonchev–Trinajstić information content (AvgIpc) is 3.51. The van der Waals surface area contributed by atoms with Crippen molar-refractivity contribution in [2.75, 3.05) is 26.2 Å². The summed E-state index contributed by atoms with van der Waals surface area (Å²) in [4.78, 5) is 28.9. The Morgan fingerprint density at radius 2 is 1.76 bits per heavy atom. The Morgan fingerprint density at radius 3 is 2.61 bits per heavy atom. The van der Waals surface area contributed by atoms with E-state index in [0.29, 0.717) is 18.6 Å². The van der Waals surface area contributed by atoms with Gasteiger partial charge in [-0.05, 0) is 69.1 Å². The first-order valence-corrected chi connectivity index (χ1v) is 13.1. The molecule has 6 rings (SSSR count). The van der Waals surface area contributed by atoms with Gasteiger partial charge < -0.3 is 10.6 Å². The molecule has 6 aliphatic rings. The van der Waals surface area contributed by atoms with Crippen LogP contribution in [0.4, 0.5) is 0 Å². The Balaban J connectivity index is 1.30. The Kier molecular flexibility index (Phi) is 5.75. The number of likely N-dealkylation sites (tertiary alicyclic amines) is 1. The van der Waals surface area contributed by atoms with E-state index in [1.54, 1.807) is 0 Å². The van der Waals surface area contributed by atoms with Crippen LogP contribution in [0, 0.1) is 11.8 Å². The van der Waals surface area contributed by atoms with Crippen molar-refractivity contribution in [2.24, 2.45) is 11.8 Å². The summed E-state index contributed by atoms with van der Waals surface area (Å²) in [6, 6.07) is 1.05. The summed E-state index contributed by atoms with van der Waals surface area (Å²) in [6.45, 7) is 3.79. The van der Waals surface area contributed by atoms with E-state index < -0.39 is 0 Å². The zero-order valence-corrected chi connectivity index (χ0v) is 19.5. The molecule has 0 saturated carbocycles. The number of carbonyl (C=O) groups is 2. The van der Waals surface area contributed by atoms with Gasteiger partial charge in [0.15, 0.2) is 0 Å². The van der Waals surface area contributed by atoms with Crippen LogP contribution in [0.2, 0.25) is 0 Å². The lowest BCUT2D eigenvalue weighted by Crippen LogP contribution is -2.39. The third-order valence-corrected chi connectivity index (χ3v) is 8.65. The molecule has 4 heterocycles. The SMILES string of the molecule is O=C1NC(=O)C(C2CN(CCC3CCCCN3)C3CCCC=C23)=C1C1CNC2=CCCC=C21. The molecule has 2 aliphatic carbocycles. The van der Waals surface area contributed by atoms with Crippen LogP contribution >= 0.6 is 0 Å². The summed E-state index contributed by atoms with van der Waals surface area (Å²) in [7, 11) is 0. The highest BCUT2D eigenvalue weighted by Crippen LogP contribution is 2.45. The van der Waals surface area contributed by atoms with E-state index in [9.17, 15) is 9.59 Å². The van der Waals surface area contributed by atoms with E-state index in [4.69, 9.17) is 0 Å². The fourth-order valence-electron chi connectivity index (χ4n) is 7.07. The number of carbonyl (C=O) groups excluding carboxylic acids is 2. The van der Waals surface area contributed by atoms with Gasteiger partial charge in [0.05, 0.1) is 0 Å². The molecule has 4 unspecified atom stereocenters. The van der Waals surface area contributed by atoms with Crippen molar-refractivity contribution in [2.45, 2.75) is 69.9 Å². The molecule has 0 aromatic carbocycles. The molecule has 0 aromatic rings. The van der Waals surface area contributed by atoms with Gasteiger partial charge >= 0.3 is 0 Å². The second-order valence-corrected chi connectivity index (χ2v) is 10.5. The number of nitrogens with one attached hydrogen (secondary N) is 3. The molecule has 33 heavy (non-hydrogen) atoms.